The van der Waals surface area contributed by atoms with Crippen molar-refractivity contribution < 1.29 is 13.9 Å². The molecule has 0 aliphatic heterocycles. The number of rotatable bonds is 5. The molecule has 0 radical (unpaired) electrons. The van der Waals surface area contributed by atoms with Crippen molar-refractivity contribution in [1.29, 1.82) is 0 Å². The van der Waals surface area contributed by atoms with E-state index in [1.807, 2.05) is 0 Å². The number of furan rings is 1. The molecule has 0 aromatic carbocycles. The van der Waals surface area contributed by atoms with Crippen LogP contribution in [0.5, 0.6) is 5.75 Å². The molecule has 0 spiro atoms. The summed E-state index contributed by atoms with van der Waals surface area (Å²) in [4.78, 5) is 15.9. The molecule has 0 bridgehead atoms. The molecular weight excluding hydrogens is 315 g/mol. The van der Waals surface area contributed by atoms with Gasteiger partial charge in [-0.2, -0.15) is 0 Å². The summed E-state index contributed by atoms with van der Waals surface area (Å²) in [6.45, 7) is 3.60. The van der Waals surface area contributed by atoms with E-state index in [-0.39, 0.29) is 18.3 Å². The van der Waals surface area contributed by atoms with Crippen molar-refractivity contribution in [1.82, 2.24) is 10.3 Å². The number of ether oxygens (including phenoxy) is 1. The van der Waals surface area contributed by atoms with E-state index >= 15 is 0 Å². The fourth-order valence-electron chi connectivity index (χ4n) is 1.69. The number of nitrogens with zero attached hydrogens (tertiary/aromatic N) is 1. The quantitative estimate of drug-likeness (QED) is 0.914. The third-order valence-electron chi connectivity index (χ3n) is 2.76. The smallest absolute Gasteiger partial charge is 0.258 e. The van der Waals surface area contributed by atoms with Crippen LogP contribution in [-0.4, -0.2) is 17.5 Å². The Morgan fingerprint density at radius 2 is 2.00 bits per heavy atom. The molecule has 1 N–H and O–H groups in total. The number of aromatic nitrogens is 1. The van der Waals surface area contributed by atoms with E-state index in [4.69, 9.17) is 32.4 Å². The van der Waals surface area contributed by atoms with Crippen LogP contribution in [0.1, 0.15) is 17.1 Å². The van der Waals surface area contributed by atoms with Gasteiger partial charge in [0.25, 0.3) is 5.91 Å². The fourth-order valence-corrected chi connectivity index (χ4v) is 2.12. The largest absolute Gasteiger partial charge is 0.480 e. The van der Waals surface area contributed by atoms with E-state index in [0.717, 1.165) is 0 Å². The number of nitrogens with one attached hydrogen (secondary N) is 1. The Kier molecular flexibility index (Phi) is 5.09. The first-order chi connectivity index (χ1) is 9.99. The number of aryl methyl sites for hydroxylation is 2. The standard InChI is InChI=1S/C14H14Cl2N2O3/c1-8-12(15)14(13(16)9(2)18-8)21-7-11(19)17-6-10-4-3-5-20-10/h3-5H,6-7H2,1-2H3,(H,17,19). The Morgan fingerprint density at radius 1 is 1.33 bits per heavy atom. The van der Waals surface area contributed by atoms with Gasteiger partial charge in [0.2, 0.25) is 0 Å². The number of halogens is 2. The molecule has 0 saturated heterocycles. The molecule has 0 aliphatic carbocycles. The Bertz CT molecular complexity index is 616. The lowest BCUT2D eigenvalue weighted by atomic mass is 10.3. The molecule has 2 heterocycles. The number of pyridine rings is 1. The second kappa shape index (κ2) is 6.83. The molecule has 7 heteroatoms. The zero-order valence-electron chi connectivity index (χ0n) is 11.6. The van der Waals surface area contributed by atoms with Gasteiger partial charge in [-0.05, 0) is 26.0 Å². The van der Waals surface area contributed by atoms with E-state index in [1.54, 1.807) is 32.2 Å². The highest BCUT2D eigenvalue weighted by Crippen LogP contribution is 2.36. The van der Waals surface area contributed by atoms with Crippen molar-refractivity contribution in [3.05, 3.63) is 45.6 Å². The normalized spacial score (nSPS) is 10.5. The lowest BCUT2D eigenvalue weighted by Gasteiger charge is -2.12. The molecule has 2 aromatic heterocycles. The average Bonchev–Trinajstić information content (AvgIpc) is 2.96. The Labute approximate surface area is 132 Å². The predicted molar refractivity (Wildman–Crippen MR) is 79.8 cm³/mol. The van der Waals surface area contributed by atoms with Crippen molar-refractivity contribution in [3.8, 4) is 5.75 Å². The highest BCUT2D eigenvalue weighted by molar-refractivity contribution is 6.37. The summed E-state index contributed by atoms with van der Waals surface area (Å²) in [5.41, 5.74) is 1.20. The lowest BCUT2D eigenvalue weighted by Crippen LogP contribution is -2.28. The van der Waals surface area contributed by atoms with Gasteiger partial charge < -0.3 is 14.5 Å². The highest BCUT2D eigenvalue weighted by atomic mass is 35.5. The maximum absolute atomic E-state index is 11.7. The van der Waals surface area contributed by atoms with Crippen molar-refractivity contribution >= 4 is 29.1 Å². The Balaban J connectivity index is 1.95. The van der Waals surface area contributed by atoms with E-state index < -0.39 is 0 Å². The van der Waals surface area contributed by atoms with Crippen LogP contribution in [0.15, 0.2) is 22.8 Å². The molecule has 2 rings (SSSR count). The first-order valence-corrected chi connectivity index (χ1v) is 6.98. The van der Waals surface area contributed by atoms with Gasteiger partial charge in [-0.15, -0.1) is 0 Å². The first-order valence-electron chi connectivity index (χ1n) is 6.23. The minimum absolute atomic E-state index is 0.191. The van der Waals surface area contributed by atoms with Crippen LogP contribution in [0, 0.1) is 13.8 Å². The molecule has 5 nitrogen and oxygen atoms in total. The van der Waals surface area contributed by atoms with E-state index in [1.165, 1.54) is 0 Å². The highest BCUT2D eigenvalue weighted by Gasteiger charge is 2.15. The van der Waals surface area contributed by atoms with Crippen LogP contribution in [-0.2, 0) is 11.3 Å². The van der Waals surface area contributed by atoms with Crippen LogP contribution < -0.4 is 10.1 Å². The topological polar surface area (TPSA) is 64.4 Å². The molecule has 0 saturated carbocycles. The molecular formula is C14H14Cl2N2O3. The first kappa shape index (κ1) is 15.7. The summed E-state index contributed by atoms with van der Waals surface area (Å²) >= 11 is 12.2. The summed E-state index contributed by atoms with van der Waals surface area (Å²) in [6, 6.07) is 3.52. The van der Waals surface area contributed by atoms with Gasteiger partial charge in [-0.1, -0.05) is 23.2 Å². The van der Waals surface area contributed by atoms with E-state index in [9.17, 15) is 4.79 Å². The van der Waals surface area contributed by atoms with Crippen LogP contribution >= 0.6 is 23.2 Å². The van der Waals surface area contributed by atoms with Gasteiger partial charge in [0, 0.05) is 0 Å². The maximum Gasteiger partial charge on any atom is 0.258 e. The molecule has 21 heavy (non-hydrogen) atoms. The van der Waals surface area contributed by atoms with Gasteiger partial charge in [-0.3, -0.25) is 9.78 Å². The molecule has 0 aliphatic rings. The Hall–Kier alpha value is -1.72. The monoisotopic (exact) mass is 328 g/mol. The van der Waals surface area contributed by atoms with Crippen molar-refractivity contribution in [2.45, 2.75) is 20.4 Å². The fraction of sp³-hybridized carbons (Fsp3) is 0.286. The number of amides is 1. The lowest BCUT2D eigenvalue weighted by molar-refractivity contribution is -0.123. The molecule has 112 valence electrons. The summed E-state index contributed by atoms with van der Waals surface area (Å²) in [5.74, 6) is 0.636. The zero-order valence-corrected chi connectivity index (χ0v) is 13.1. The second-order valence-corrected chi connectivity index (χ2v) is 5.14. The molecule has 0 atom stereocenters. The van der Waals surface area contributed by atoms with Gasteiger partial charge in [0.05, 0.1) is 24.2 Å². The third kappa shape index (κ3) is 3.89. The molecule has 0 unspecified atom stereocenters. The molecule has 0 fully saturated rings. The summed E-state index contributed by atoms with van der Waals surface area (Å²) in [5, 5.41) is 3.28. The molecule has 2 aromatic rings. The third-order valence-corrected chi connectivity index (χ3v) is 3.65. The second-order valence-electron chi connectivity index (χ2n) is 4.38. The number of hydrogen-bond acceptors (Lipinski definition) is 4. The Morgan fingerprint density at radius 3 is 2.57 bits per heavy atom. The molecule has 1 amide bonds. The van der Waals surface area contributed by atoms with E-state index in [0.29, 0.717) is 33.7 Å². The number of hydrogen-bond donors (Lipinski definition) is 1. The minimum Gasteiger partial charge on any atom is -0.480 e. The predicted octanol–water partition coefficient (Wildman–Crippen LogP) is 3.29. The van der Waals surface area contributed by atoms with Crippen molar-refractivity contribution in [3.63, 3.8) is 0 Å². The van der Waals surface area contributed by atoms with Crippen molar-refractivity contribution in [2.75, 3.05) is 6.61 Å². The van der Waals surface area contributed by atoms with Crippen LogP contribution in [0.4, 0.5) is 0 Å². The zero-order chi connectivity index (χ0) is 15.4. The van der Waals surface area contributed by atoms with Crippen LogP contribution in [0.3, 0.4) is 0 Å². The summed E-state index contributed by atoms with van der Waals surface area (Å²) in [7, 11) is 0. The van der Waals surface area contributed by atoms with Crippen molar-refractivity contribution in [2.24, 2.45) is 0 Å². The van der Waals surface area contributed by atoms with Gasteiger partial charge in [0.1, 0.15) is 15.8 Å². The minimum atomic E-state index is -0.300. The summed E-state index contributed by atoms with van der Waals surface area (Å²) in [6.07, 6.45) is 1.54. The maximum atomic E-state index is 11.7. The van der Waals surface area contributed by atoms with Gasteiger partial charge in [-0.25, -0.2) is 0 Å². The van der Waals surface area contributed by atoms with E-state index in [2.05, 4.69) is 10.3 Å². The van der Waals surface area contributed by atoms with Gasteiger partial charge in [0.15, 0.2) is 12.4 Å². The van der Waals surface area contributed by atoms with Crippen LogP contribution in [0.25, 0.3) is 0 Å². The van der Waals surface area contributed by atoms with Crippen LogP contribution in [0.2, 0.25) is 10.0 Å². The van der Waals surface area contributed by atoms with Gasteiger partial charge >= 0.3 is 0 Å². The SMILES string of the molecule is Cc1nc(C)c(Cl)c(OCC(=O)NCc2ccco2)c1Cl. The number of carbonyl (C=O) groups is 1. The summed E-state index contributed by atoms with van der Waals surface area (Å²) < 4.78 is 10.5. The average molecular weight is 329 g/mol. The number of carbonyl (C=O) groups excluding carboxylic acids is 1.